The molecule has 4 rings (SSSR count). The average molecular weight is 406 g/mol. The lowest BCUT2D eigenvalue weighted by atomic mass is 9.89. The number of hydrogen-bond donors (Lipinski definition) is 1. The molecule has 0 radical (unpaired) electrons. The summed E-state index contributed by atoms with van der Waals surface area (Å²) in [6.45, 7) is 0. The Balaban J connectivity index is 1.60. The number of thiazole rings is 1. The number of nitrogens with two attached hydrogens (primary N) is 1. The summed E-state index contributed by atoms with van der Waals surface area (Å²) in [4.78, 5) is 3.30. The van der Waals surface area contributed by atoms with E-state index in [0.29, 0.717) is 5.13 Å². The molecule has 1 aromatic heterocycles. The Hall–Kier alpha value is -3.18. The van der Waals surface area contributed by atoms with E-state index in [1.54, 1.807) is 19.2 Å². The van der Waals surface area contributed by atoms with E-state index in [4.69, 9.17) is 10.5 Å². The Labute approximate surface area is 173 Å². The molecular formula is C24H22FN2OS+. The predicted molar refractivity (Wildman–Crippen MR) is 116 cm³/mol. The van der Waals surface area contributed by atoms with Crippen LogP contribution in [0, 0.1) is 5.82 Å². The van der Waals surface area contributed by atoms with E-state index >= 15 is 0 Å². The largest absolute Gasteiger partial charge is 0.497 e. The molecular weight excluding hydrogens is 383 g/mol. The van der Waals surface area contributed by atoms with E-state index in [9.17, 15) is 4.39 Å². The van der Waals surface area contributed by atoms with Gasteiger partial charge in [0.2, 0.25) is 0 Å². The van der Waals surface area contributed by atoms with Gasteiger partial charge in [-0.2, -0.15) is 0 Å². The maximum absolute atomic E-state index is 13.2. The van der Waals surface area contributed by atoms with Crippen LogP contribution in [0.25, 0.3) is 11.1 Å². The minimum atomic E-state index is -0.223. The molecule has 1 atom stereocenters. The molecule has 0 saturated heterocycles. The van der Waals surface area contributed by atoms with Crippen LogP contribution >= 0.6 is 11.3 Å². The van der Waals surface area contributed by atoms with E-state index in [1.165, 1.54) is 34.6 Å². The number of hydrogen-bond acceptors (Lipinski definition) is 3. The molecule has 0 bridgehead atoms. The van der Waals surface area contributed by atoms with Crippen LogP contribution in [0.1, 0.15) is 22.7 Å². The SMILES string of the molecule is COc1ccc([C@H](Cc2ccc(-c3ccc(F)cc3)cc2)c2csc(N)[nH+]2)cc1. The third-order valence-corrected chi connectivity index (χ3v) is 5.77. The van der Waals surface area contributed by atoms with Gasteiger partial charge >= 0.3 is 5.13 Å². The van der Waals surface area contributed by atoms with Crippen molar-refractivity contribution in [3.8, 4) is 16.9 Å². The molecule has 0 aliphatic heterocycles. The maximum Gasteiger partial charge on any atom is 0.329 e. The number of halogens is 1. The van der Waals surface area contributed by atoms with Gasteiger partial charge in [-0.15, -0.1) is 0 Å². The molecule has 0 fully saturated rings. The minimum Gasteiger partial charge on any atom is -0.497 e. The number of nitrogens with one attached hydrogen (secondary N) is 1. The molecule has 3 aromatic carbocycles. The van der Waals surface area contributed by atoms with Crippen LogP contribution in [-0.4, -0.2) is 7.11 Å². The van der Waals surface area contributed by atoms with Gasteiger partial charge in [0.15, 0.2) is 0 Å². The first-order valence-electron chi connectivity index (χ1n) is 9.37. The zero-order valence-corrected chi connectivity index (χ0v) is 16.9. The second-order valence-electron chi connectivity index (χ2n) is 6.91. The lowest BCUT2D eigenvalue weighted by molar-refractivity contribution is -0.368. The average Bonchev–Trinajstić information content (AvgIpc) is 3.19. The highest BCUT2D eigenvalue weighted by atomic mass is 32.1. The lowest BCUT2D eigenvalue weighted by Crippen LogP contribution is -2.17. The standard InChI is InChI=1S/C24H21FN2OS/c1-28-21-12-8-19(9-13-21)22(23-15-29-24(26)27-23)14-16-2-4-17(5-3-16)18-6-10-20(25)11-7-18/h2-13,15,22H,14H2,1H3,(H2,26,27)/p+1/t22-/m0/s1. The van der Waals surface area contributed by atoms with Crippen molar-refractivity contribution in [2.24, 2.45) is 0 Å². The van der Waals surface area contributed by atoms with Crippen LogP contribution in [0.3, 0.4) is 0 Å². The fraction of sp³-hybridized carbons (Fsp3) is 0.125. The highest BCUT2D eigenvalue weighted by molar-refractivity contribution is 7.13. The van der Waals surface area contributed by atoms with Crippen molar-refractivity contribution in [1.29, 1.82) is 0 Å². The highest BCUT2D eigenvalue weighted by Crippen LogP contribution is 2.30. The number of benzene rings is 3. The van der Waals surface area contributed by atoms with Crippen molar-refractivity contribution < 1.29 is 14.1 Å². The lowest BCUT2D eigenvalue weighted by Gasteiger charge is -2.15. The van der Waals surface area contributed by atoms with Crippen LogP contribution in [0.2, 0.25) is 0 Å². The van der Waals surface area contributed by atoms with Gasteiger partial charge in [-0.25, -0.2) is 9.37 Å². The Morgan fingerprint density at radius 3 is 2.10 bits per heavy atom. The minimum absolute atomic E-state index is 0.158. The smallest absolute Gasteiger partial charge is 0.329 e. The zero-order chi connectivity index (χ0) is 20.2. The van der Waals surface area contributed by atoms with Gasteiger partial charge in [0, 0.05) is 5.38 Å². The number of aromatic amines is 1. The molecule has 0 aliphatic carbocycles. The molecule has 5 heteroatoms. The third-order valence-electron chi connectivity index (χ3n) is 5.05. The van der Waals surface area contributed by atoms with Crippen molar-refractivity contribution in [3.63, 3.8) is 0 Å². The summed E-state index contributed by atoms with van der Waals surface area (Å²) in [6.07, 6.45) is 0.836. The first-order chi connectivity index (χ1) is 14.1. The quantitative estimate of drug-likeness (QED) is 0.471. The molecule has 0 aliphatic rings. The number of rotatable bonds is 6. The molecule has 3 N–H and O–H groups in total. The van der Waals surface area contributed by atoms with Crippen molar-refractivity contribution in [2.45, 2.75) is 12.3 Å². The van der Waals surface area contributed by atoms with Crippen molar-refractivity contribution in [2.75, 3.05) is 12.8 Å². The summed E-state index contributed by atoms with van der Waals surface area (Å²) in [5.74, 6) is 0.773. The summed E-state index contributed by atoms with van der Waals surface area (Å²) < 4.78 is 18.5. The van der Waals surface area contributed by atoms with E-state index in [1.807, 2.05) is 12.1 Å². The fourth-order valence-corrected chi connectivity index (χ4v) is 4.11. The van der Waals surface area contributed by atoms with Crippen molar-refractivity contribution in [3.05, 3.63) is 101 Å². The third kappa shape index (κ3) is 4.46. The summed E-state index contributed by atoms with van der Waals surface area (Å²) in [7, 11) is 1.67. The normalized spacial score (nSPS) is 11.9. The van der Waals surface area contributed by atoms with E-state index in [-0.39, 0.29) is 11.7 Å². The molecule has 0 saturated carbocycles. The number of nitrogen functional groups attached to an aromatic ring is 1. The second-order valence-corrected chi connectivity index (χ2v) is 7.83. The van der Waals surface area contributed by atoms with Gasteiger partial charge in [-0.3, -0.25) is 5.73 Å². The predicted octanol–water partition coefficient (Wildman–Crippen LogP) is 5.33. The molecule has 29 heavy (non-hydrogen) atoms. The van der Waals surface area contributed by atoms with Gasteiger partial charge in [0.25, 0.3) is 0 Å². The van der Waals surface area contributed by atoms with Gasteiger partial charge < -0.3 is 4.74 Å². The molecule has 0 amide bonds. The topological polar surface area (TPSA) is 49.4 Å². The van der Waals surface area contributed by atoms with Crippen LogP contribution in [0.5, 0.6) is 5.75 Å². The van der Waals surface area contributed by atoms with Crippen LogP contribution in [0.4, 0.5) is 9.52 Å². The second kappa shape index (κ2) is 8.45. The van der Waals surface area contributed by atoms with Crippen LogP contribution in [-0.2, 0) is 6.42 Å². The fourth-order valence-electron chi connectivity index (χ4n) is 3.45. The summed E-state index contributed by atoms with van der Waals surface area (Å²) in [5.41, 5.74) is 11.5. The van der Waals surface area contributed by atoms with E-state index in [2.05, 4.69) is 46.8 Å². The number of H-pyrrole nitrogens is 1. The maximum atomic E-state index is 13.2. The molecule has 0 spiro atoms. The molecule has 146 valence electrons. The van der Waals surface area contributed by atoms with E-state index < -0.39 is 0 Å². The Bertz CT molecular complexity index is 1070. The van der Waals surface area contributed by atoms with Crippen LogP contribution in [0.15, 0.2) is 78.2 Å². The van der Waals surface area contributed by atoms with E-state index in [0.717, 1.165) is 29.0 Å². The van der Waals surface area contributed by atoms with Gasteiger partial charge in [-0.1, -0.05) is 59.9 Å². The highest BCUT2D eigenvalue weighted by Gasteiger charge is 2.20. The van der Waals surface area contributed by atoms with Gasteiger partial charge in [0.1, 0.15) is 17.3 Å². The molecule has 0 unspecified atom stereocenters. The summed E-state index contributed by atoms with van der Waals surface area (Å²) in [5, 5.41) is 2.78. The monoisotopic (exact) mass is 405 g/mol. The number of aromatic nitrogens is 1. The molecule has 1 heterocycles. The Morgan fingerprint density at radius 2 is 1.55 bits per heavy atom. The van der Waals surface area contributed by atoms with Gasteiger partial charge in [0.05, 0.1) is 13.0 Å². The van der Waals surface area contributed by atoms with Crippen molar-refractivity contribution in [1.82, 2.24) is 0 Å². The Kier molecular flexibility index (Phi) is 5.58. The van der Waals surface area contributed by atoms with Crippen molar-refractivity contribution >= 4 is 16.5 Å². The van der Waals surface area contributed by atoms with Crippen LogP contribution < -0.4 is 15.5 Å². The number of ether oxygens (including phenoxy) is 1. The first-order valence-corrected chi connectivity index (χ1v) is 10.3. The van der Waals surface area contributed by atoms with Gasteiger partial charge in [-0.05, 0) is 52.9 Å². The first kappa shape index (κ1) is 19.2. The number of anilines is 1. The summed E-state index contributed by atoms with van der Waals surface area (Å²) in [6, 6.07) is 23.1. The molecule has 3 nitrogen and oxygen atoms in total. The zero-order valence-electron chi connectivity index (χ0n) is 16.1. The molecule has 4 aromatic rings. The number of methoxy groups -OCH3 is 1. The Morgan fingerprint density at radius 1 is 0.931 bits per heavy atom. The summed E-state index contributed by atoms with van der Waals surface area (Å²) >= 11 is 1.51.